The van der Waals surface area contributed by atoms with Gasteiger partial charge in [-0.05, 0) is 64.2 Å². The van der Waals surface area contributed by atoms with E-state index in [1.165, 1.54) is 12.1 Å². The molecule has 1 aromatic rings. The maximum Gasteiger partial charge on any atom is 0.170 e. The van der Waals surface area contributed by atoms with E-state index in [4.69, 9.17) is 12.2 Å². The molecule has 1 aromatic carbocycles. The molecule has 0 heterocycles. The molecule has 0 aliphatic rings. The molecule has 3 nitrogen and oxygen atoms in total. The second kappa shape index (κ2) is 8.17. The lowest BCUT2D eigenvalue weighted by Crippen LogP contribution is -3.18. The van der Waals surface area contributed by atoms with Crippen LogP contribution in [-0.2, 0) is 0 Å². The number of rotatable bonds is 6. The summed E-state index contributed by atoms with van der Waals surface area (Å²) in [7, 11) is 0. The molecule has 5 heteroatoms. The SMILES string of the molecule is CC(C)[NH+](CCNC(=S)Nc1ccc(F)cc1)C(C)C. The fourth-order valence-corrected chi connectivity index (χ4v) is 2.49. The molecule has 112 valence electrons. The number of hydrogen-bond donors (Lipinski definition) is 3. The summed E-state index contributed by atoms with van der Waals surface area (Å²) in [5.41, 5.74) is 0.792. The molecule has 0 aromatic heterocycles. The summed E-state index contributed by atoms with van der Waals surface area (Å²) < 4.78 is 12.8. The minimum Gasteiger partial charge on any atom is -0.357 e. The van der Waals surface area contributed by atoms with Crippen molar-refractivity contribution in [1.29, 1.82) is 0 Å². The molecule has 0 unspecified atom stereocenters. The summed E-state index contributed by atoms with van der Waals surface area (Å²) in [6, 6.07) is 7.35. The highest BCUT2D eigenvalue weighted by molar-refractivity contribution is 7.80. The topological polar surface area (TPSA) is 28.5 Å². The smallest absolute Gasteiger partial charge is 0.170 e. The fraction of sp³-hybridized carbons (Fsp3) is 0.533. The third kappa shape index (κ3) is 5.84. The van der Waals surface area contributed by atoms with E-state index in [0.29, 0.717) is 17.2 Å². The Morgan fingerprint density at radius 3 is 2.20 bits per heavy atom. The lowest BCUT2D eigenvalue weighted by molar-refractivity contribution is -0.941. The van der Waals surface area contributed by atoms with Crippen molar-refractivity contribution >= 4 is 23.0 Å². The van der Waals surface area contributed by atoms with Crippen LogP contribution in [0.5, 0.6) is 0 Å². The van der Waals surface area contributed by atoms with E-state index in [-0.39, 0.29) is 5.82 Å². The van der Waals surface area contributed by atoms with E-state index in [9.17, 15) is 4.39 Å². The normalized spacial score (nSPS) is 11.2. The van der Waals surface area contributed by atoms with Gasteiger partial charge in [0, 0.05) is 5.69 Å². The molecule has 20 heavy (non-hydrogen) atoms. The van der Waals surface area contributed by atoms with Crippen LogP contribution in [0.4, 0.5) is 10.1 Å². The summed E-state index contributed by atoms with van der Waals surface area (Å²) in [6.07, 6.45) is 0. The van der Waals surface area contributed by atoms with Gasteiger partial charge in [-0.15, -0.1) is 0 Å². The van der Waals surface area contributed by atoms with Crippen molar-refractivity contribution in [3.05, 3.63) is 30.1 Å². The highest BCUT2D eigenvalue weighted by Gasteiger charge is 2.16. The Balaban J connectivity index is 2.34. The zero-order valence-electron chi connectivity index (χ0n) is 12.7. The van der Waals surface area contributed by atoms with Crippen molar-refractivity contribution in [3.8, 4) is 0 Å². The molecule has 3 N–H and O–H groups in total. The van der Waals surface area contributed by atoms with Gasteiger partial charge >= 0.3 is 0 Å². The van der Waals surface area contributed by atoms with Crippen LogP contribution in [0, 0.1) is 5.82 Å². The van der Waals surface area contributed by atoms with Crippen molar-refractivity contribution in [2.45, 2.75) is 39.8 Å². The molecule has 0 atom stereocenters. The van der Waals surface area contributed by atoms with Crippen molar-refractivity contribution in [3.63, 3.8) is 0 Å². The molecule has 0 saturated carbocycles. The van der Waals surface area contributed by atoms with Crippen LogP contribution in [0.1, 0.15) is 27.7 Å². The Hall–Kier alpha value is -1.20. The Bertz CT molecular complexity index is 410. The first-order chi connectivity index (χ1) is 9.40. The fourth-order valence-electron chi connectivity index (χ4n) is 2.27. The molecule has 0 saturated heterocycles. The Kier molecular flexibility index (Phi) is 6.88. The summed E-state index contributed by atoms with van der Waals surface area (Å²) in [5.74, 6) is -0.248. The standard InChI is InChI=1S/C15H24FN3S/c1-11(2)19(12(3)4)10-9-17-15(20)18-14-7-5-13(16)6-8-14/h5-8,11-12H,9-10H2,1-4H3,(H2,17,18,20)/p+1. The van der Waals surface area contributed by atoms with Gasteiger partial charge in [0.1, 0.15) is 5.82 Å². The quantitative estimate of drug-likeness (QED) is 0.700. The Morgan fingerprint density at radius 2 is 1.70 bits per heavy atom. The van der Waals surface area contributed by atoms with Crippen molar-refractivity contribution < 1.29 is 9.29 Å². The van der Waals surface area contributed by atoms with Gasteiger partial charge in [-0.2, -0.15) is 0 Å². The van der Waals surface area contributed by atoms with Gasteiger partial charge in [-0.25, -0.2) is 4.39 Å². The zero-order chi connectivity index (χ0) is 15.1. The highest BCUT2D eigenvalue weighted by Crippen LogP contribution is 2.07. The summed E-state index contributed by atoms with van der Waals surface area (Å²) in [4.78, 5) is 1.54. The average Bonchev–Trinajstić information content (AvgIpc) is 2.36. The van der Waals surface area contributed by atoms with Crippen LogP contribution in [-0.4, -0.2) is 30.3 Å². The van der Waals surface area contributed by atoms with Gasteiger partial charge in [0.2, 0.25) is 0 Å². The minimum absolute atomic E-state index is 0.248. The number of hydrogen-bond acceptors (Lipinski definition) is 1. The van der Waals surface area contributed by atoms with E-state index >= 15 is 0 Å². The second-order valence-electron chi connectivity index (χ2n) is 5.52. The van der Waals surface area contributed by atoms with Crippen LogP contribution < -0.4 is 15.5 Å². The maximum atomic E-state index is 12.8. The van der Waals surface area contributed by atoms with E-state index in [1.807, 2.05) is 0 Å². The van der Waals surface area contributed by atoms with Gasteiger partial charge in [-0.3, -0.25) is 0 Å². The first-order valence-corrected chi connectivity index (χ1v) is 7.47. The van der Waals surface area contributed by atoms with Crippen LogP contribution >= 0.6 is 12.2 Å². The zero-order valence-corrected chi connectivity index (χ0v) is 13.5. The van der Waals surface area contributed by atoms with E-state index in [1.54, 1.807) is 17.0 Å². The maximum absolute atomic E-state index is 12.8. The van der Waals surface area contributed by atoms with E-state index < -0.39 is 0 Å². The second-order valence-corrected chi connectivity index (χ2v) is 5.93. The molecule has 0 bridgehead atoms. The average molecular weight is 298 g/mol. The molecular weight excluding hydrogens is 273 g/mol. The molecule has 0 amide bonds. The van der Waals surface area contributed by atoms with Gasteiger partial charge in [0.05, 0.1) is 25.2 Å². The lowest BCUT2D eigenvalue weighted by atomic mass is 10.2. The highest BCUT2D eigenvalue weighted by atomic mass is 32.1. The van der Waals surface area contributed by atoms with Gasteiger partial charge in [0.25, 0.3) is 0 Å². The van der Waals surface area contributed by atoms with Gasteiger partial charge < -0.3 is 15.5 Å². The summed E-state index contributed by atoms with van der Waals surface area (Å²) in [6.45, 7) is 10.7. The first-order valence-electron chi connectivity index (χ1n) is 7.06. The Labute approximate surface area is 126 Å². The molecule has 0 aliphatic carbocycles. The van der Waals surface area contributed by atoms with Crippen molar-refractivity contribution in [2.24, 2.45) is 0 Å². The van der Waals surface area contributed by atoms with Crippen LogP contribution in [0.3, 0.4) is 0 Å². The molecule has 0 spiro atoms. The largest absolute Gasteiger partial charge is 0.357 e. The number of quaternary nitrogens is 1. The van der Waals surface area contributed by atoms with Gasteiger partial charge in [-0.1, -0.05) is 0 Å². The summed E-state index contributed by atoms with van der Waals surface area (Å²) >= 11 is 5.23. The number of thiocarbonyl (C=S) groups is 1. The molecule has 0 fully saturated rings. The third-order valence-electron chi connectivity index (χ3n) is 3.28. The van der Waals surface area contributed by atoms with Crippen LogP contribution in [0.2, 0.25) is 0 Å². The monoisotopic (exact) mass is 298 g/mol. The predicted octanol–water partition coefficient (Wildman–Crippen LogP) is 1.81. The van der Waals surface area contributed by atoms with Crippen LogP contribution in [0.25, 0.3) is 0 Å². The van der Waals surface area contributed by atoms with E-state index in [2.05, 4.69) is 38.3 Å². The van der Waals surface area contributed by atoms with Crippen LogP contribution in [0.15, 0.2) is 24.3 Å². The third-order valence-corrected chi connectivity index (χ3v) is 3.53. The first kappa shape index (κ1) is 16.9. The Morgan fingerprint density at radius 1 is 1.15 bits per heavy atom. The van der Waals surface area contributed by atoms with E-state index in [0.717, 1.165) is 18.8 Å². The molecule has 0 radical (unpaired) electrons. The predicted molar refractivity (Wildman–Crippen MR) is 86.7 cm³/mol. The number of anilines is 1. The summed E-state index contributed by atoms with van der Waals surface area (Å²) in [5, 5.41) is 6.81. The van der Waals surface area contributed by atoms with Crippen molar-refractivity contribution in [1.82, 2.24) is 5.32 Å². The molecule has 0 aliphatic heterocycles. The molecule has 1 rings (SSSR count). The number of benzene rings is 1. The lowest BCUT2D eigenvalue weighted by Gasteiger charge is -2.27. The minimum atomic E-state index is -0.248. The number of nitrogens with one attached hydrogen (secondary N) is 3. The van der Waals surface area contributed by atoms with Gasteiger partial charge in [0.15, 0.2) is 5.11 Å². The van der Waals surface area contributed by atoms with Crippen molar-refractivity contribution in [2.75, 3.05) is 18.4 Å². The molecular formula is C15H25FN3S+. The number of halogens is 1.